The van der Waals surface area contributed by atoms with Crippen LogP contribution in [-0.4, -0.2) is 53.9 Å². The fraction of sp³-hybridized carbons (Fsp3) is 0.500. The largest absolute Gasteiger partial charge is 0.383 e. The summed E-state index contributed by atoms with van der Waals surface area (Å²) in [6.45, 7) is 3.32. The van der Waals surface area contributed by atoms with Gasteiger partial charge in [-0.1, -0.05) is 6.07 Å². The molecule has 0 bridgehead atoms. The first kappa shape index (κ1) is 18.8. The van der Waals surface area contributed by atoms with E-state index in [2.05, 4.69) is 26.8 Å². The standard InChI is InChI=1S/C18H24N4O3S/c1-25-11-10-22-17(23)7-6-14(20-22)18(24)19-13-15(16-5-4-12-26-16)21-8-2-3-9-21/h4-7,12,15H,2-3,8-11,13H2,1H3,(H,19,24). The summed E-state index contributed by atoms with van der Waals surface area (Å²) < 4.78 is 6.23. The molecule has 3 rings (SSSR count). The molecular weight excluding hydrogens is 352 g/mol. The number of nitrogens with one attached hydrogen (secondary N) is 1. The molecule has 8 heteroatoms. The van der Waals surface area contributed by atoms with E-state index in [1.54, 1.807) is 18.4 Å². The van der Waals surface area contributed by atoms with E-state index >= 15 is 0 Å². The van der Waals surface area contributed by atoms with Crippen molar-refractivity contribution in [2.24, 2.45) is 0 Å². The zero-order valence-electron chi connectivity index (χ0n) is 14.9. The normalized spacial score (nSPS) is 15.9. The summed E-state index contributed by atoms with van der Waals surface area (Å²) in [5.74, 6) is -0.267. The number of nitrogens with zero attached hydrogens (tertiary/aromatic N) is 3. The highest BCUT2D eigenvalue weighted by Crippen LogP contribution is 2.27. The van der Waals surface area contributed by atoms with Gasteiger partial charge in [0.15, 0.2) is 0 Å². The van der Waals surface area contributed by atoms with Crippen molar-refractivity contribution < 1.29 is 9.53 Å². The molecule has 1 aliphatic rings. The summed E-state index contributed by atoms with van der Waals surface area (Å²) >= 11 is 1.71. The highest BCUT2D eigenvalue weighted by atomic mass is 32.1. The highest BCUT2D eigenvalue weighted by Gasteiger charge is 2.25. The second-order valence-electron chi connectivity index (χ2n) is 6.26. The van der Waals surface area contributed by atoms with Crippen molar-refractivity contribution in [3.63, 3.8) is 0 Å². The van der Waals surface area contributed by atoms with Crippen molar-refractivity contribution in [3.05, 3.63) is 50.6 Å². The molecule has 3 heterocycles. The van der Waals surface area contributed by atoms with Gasteiger partial charge < -0.3 is 10.1 Å². The number of amides is 1. The van der Waals surface area contributed by atoms with Crippen molar-refractivity contribution in [1.82, 2.24) is 20.0 Å². The maximum Gasteiger partial charge on any atom is 0.271 e. The molecule has 0 spiro atoms. The van der Waals surface area contributed by atoms with Crippen LogP contribution in [0.2, 0.25) is 0 Å². The number of ether oxygens (including phenoxy) is 1. The Kier molecular flexibility index (Phi) is 6.54. The molecule has 1 fully saturated rings. The average molecular weight is 376 g/mol. The van der Waals surface area contributed by atoms with Crippen LogP contribution in [0.5, 0.6) is 0 Å². The van der Waals surface area contributed by atoms with Gasteiger partial charge in [-0.15, -0.1) is 11.3 Å². The maximum atomic E-state index is 12.5. The third kappa shape index (κ3) is 4.57. The molecule has 1 atom stereocenters. The van der Waals surface area contributed by atoms with E-state index in [0.717, 1.165) is 13.1 Å². The number of hydrogen-bond acceptors (Lipinski definition) is 6. The zero-order chi connectivity index (χ0) is 18.4. The molecule has 1 amide bonds. The Morgan fingerprint density at radius 2 is 2.15 bits per heavy atom. The van der Waals surface area contributed by atoms with E-state index in [-0.39, 0.29) is 23.2 Å². The van der Waals surface area contributed by atoms with Crippen LogP contribution in [-0.2, 0) is 11.3 Å². The lowest BCUT2D eigenvalue weighted by Crippen LogP contribution is -2.37. The molecule has 0 saturated carbocycles. The quantitative estimate of drug-likeness (QED) is 0.756. The van der Waals surface area contributed by atoms with Gasteiger partial charge in [0.1, 0.15) is 5.69 Å². The Morgan fingerprint density at radius 1 is 1.35 bits per heavy atom. The Balaban J connectivity index is 1.67. The average Bonchev–Trinajstić information content (AvgIpc) is 3.35. The van der Waals surface area contributed by atoms with E-state index in [9.17, 15) is 9.59 Å². The van der Waals surface area contributed by atoms with E-state index in [1.807, 2.05) is 6.07 Å². The molecule has 0 aromatic carbocycles. The van der Waals surface area contributed by atoms with Gasteiger partial charge >= 0.3 is 0 Å². The van der Waals surface area contributed by atoms with Crippen molar-refractivity contribution >= 4 is 17.2 Å². The Bertz CT molecular complexity index is 769. The highest BCUT2D eigenvalue weighted by molar-refractivity contribution is 7.10. The van der Waals surface area contributed by atoms with Gasteiger partial charge in [0.25, 0.3) is 11.5 Å². The zero-order valence-corrected chi connectivity index (χ0v) is 15.7. The Hall–Kier alpha value is -2.03. The monoisotopic (exact) mass is 376 g/mol. The lowest BCUT2D eigenvalue weighted by atomic mass is 10.2. The van der Waals surface area contributed by atoms with E-state index in [4.69, 9.17) is 4.74 Å². The number of thiophene rings is 1. The van der Waals surface area contributed by atoms with Crippen LogP contribution in [0.25, 0.3) is 0 Å². The summed E-state index contributed by atoms with van der Waals surface area (Å²) in [5.41, 5.74) is -0.000756. The van der Waals surface area contributed by atoms with Crippen LogP contribution in [0, 0.1) is 0 Å². The van der Waals surface area contributed by atoms with Gasteiger partial charge in [0.2, 0.25) is 0 Å². The molecule has 1 N–H and O–H groups in total. The third-order valence-corrected chi connectivity index (χ3v) is 5.49. The van der Waals surface area contributed by atoms with Crippen LogP contribution in [0.15, 0.2) is 34.4 Å². The fourth-order valence-corrected chi connectivity index (χ4v) is 3.99. The van der Waals surface area contributed by atoms with Crippen LogP contribution >= 0.6 is 11.3 Å². The molecular formula is C18H24N4O3S. The molecule has 140 valence electrons. The SMILES string of the molecule is COCCn1nc(C(=O)NCC(c2cccs2)N2CCCC2)ccc1=O. The number of aromatic nitrogens is 2. The molecule has 0 radical (unpaired) electrons. The van der Waals surface area contributed by atoms with Crippen molar-refractivity contribution in [3.8, 4) is 0 Å². The molecule has 7 nitrogen and oxygen atoms in total. The minimum absolute atomic E-state index is 0.181. The predicted octanol–water partition coefficient (Wildman–Crippen LogP) is 1.52. The number of rotatable bonds is 8. The van der Waals surface area contributed by atoms with Crippen molar-refractivity contribution in [2.45, 2.75) is 25.4 Å². The number of likely N-dealkylation sites (tertiary alicyclic amines) is 1. The molecule has 1 saturated heterocycles. The van der Waals surface area contributed by atoms with E-state index < -0.39 is 0 Å². The number of hydrogen-bond donors (Lipinski definition) is 1. The van der Waals surface area contributed by atoms with E-state index in [0.29, 0.717) is 19.7 Å². The molecule has 1 unspecified atom stereocenters. The first-order valence-corrected chi connectivity index (χ1v) is 9.70. The smallest absolute Gasteiger partial charge is 0.271 e. The number of carbonyl (C=O) groups excluding carboxylic acids is 1. The first-order valence-electron chi connectivity index (χ1n) is 8.82. The summed E-state index contributed by atoms with van der Waals surface area (Å²) in [7, 11) is 1.56. The lowest BCUT2D eigenvalue weighted by molar-refractivity contribution is 0.0929. The Morgan fingerprint density at radius 3 is 2.85 bits per heavy atom. The summed E-state index contributed by atoms with van der Waals surface area (Å²) in [6, 6.07) is 7.17. The van der Waals surface area contributed by atoms with E-state index in [1.165, 1.54) is 34.5 Å². The van der Waals surface area contributed by atoms with Crippen LogP contribution in [0.3, 0.4) is 0 Å². The minimum atomic E-state index is -0.267. The van der Waals surface area contributed by atoms with Gasteiger partial charge in [-0.3, -0.25) is 14.5 Å². The van der Waals surface area contributed by atoms with Gasteiger partial charge in [-0.25, -0.2) is 4.68 Å². The topological polar surface area (TPSA) is 76.5 Å². The lowest BCUT2D eigenvalue weighted by Gasteiger charge is -2.26. The molecule has 2 aromatic rings. The van der Waals surface area contributed by atoms with Gasteiger partial charge in [0, 0.05) is 24.6 Å². The van der Waals surface area contributed by atoms with Gasteiger partial charge in [0.05, 0.1) is 19.2 Å². The predicted molar refractivity (Wildman–Crippen MR) is 101 cm³/mol. The van der Waals surface area contributed by atoms with Gasteiger partial charge in [-0.05, 0) is 43.4 Å². The van der Waals surface area contributed by atoms with Crippen molar-refractivity contribution in [1.29, 1.82) is 0 Å². The van der Waals surface area contributed by atoms with Crippen molar-refractivity contribution in [2.75, 3.05) is 33.4 Å². The van der Waals surface area contributed by atoms with Crippen LogP contribution < -0.4 is 10.9 Å². The number of carbonyl (C=O) groups is 1. The van der Waals surface area contributed by atoms with Gasteiger partial charge in [-0.2, -0.15) is 5.10 Å². The second-order valence-corrected chi connectivity index (χ2v) is 7.24. The maximum absolute atomic E-state index is 12.5. The molecule has 2 aromatic heterocycles. The molecule has 0 aliphatic carbocycles. The summed E-state index contributed by atoms with van der Waals surface area (Å²) in [5, 5.41) is 9.20. The fourth-order valence-electron chi connectivity index (χ4n) is 3.13. The molecule has 1 aliphatic heterocycles. The number of methoxy groups -OCH3 is 1. The summed E-state index contributed by atoms with van der Waals surface area (Å²) in [6.07, 6.45) is 2.39. The third-order valence-electron chi connectivity index (χ3n) is 4.52. The molecule has 26 heavy (non-hydrogen) atoms. The Labute approximate surface area is 156 Å². The van der Waals surface area contributed by atoms with Crippen LogP contribution in [0.4, 0.5) is 0 Å². The first-order chi connectivity index (χ1) is 12.7. The minimum Gasteiger partial charge on any atom is -0.383 e. The second kappa shape index (κ2) is 9.07. The summed E-state index contributed by atoms with van der Waals surface area (Å²) in [4.78, 5) is 28.0. The van der Waals surface area contributed by atoms with Crippen LogP contribution in [0.1, 0.15) is 34.2 Å².